The summed E-state index contributed by atoms with van der Waals surface area (Å²) in [6, 6.07) is 19.5. The Kier molecular flexibility index (Phi) is 10.4. The first-order valence-electron chi connectivity index (χ1n) is 10.4. The number of rotatable bonds is 12. The van der Waals surface area contributed by atoms with E-state index in [-0.39, 0.29) is 11.8 Å². The van der Waals surface area contributed by atoms with E-state index < -0.39 is 6.04 Å². The number of hydrogen-bond donors (Lipinski definition) is 1. The van der Waals surface area contributed by atoms with E-state index in [2.05, 4.69) is 12.2 Å². The molecule has 2 amide bonds. The molecule has 0 aliphatic heterocycles. The van der Waals surface area contributed by atoms with E-state index in [4.69, 9.17) is 0 Å². The first-order chi connectivity index (χ1) is 14.2. The Balaban J connectivity index is 2.05. The maximum atomic E-state index is 13.1. The van der Waals surface area contributed by atoms with Gasteiger partial charge < -0.3 is 10.2 Å². The molecule has 0 radical (unpaired) electrons. The van der Waals surface area contributed by atoms with Crippen LogP contribution in [-0.4, -0.2) is 35.1 Å². The van der Waals surface area contributed by atoms with Crippen molar-refractivity contribution in [2.24, 2.45) is 0 Å². The van der Waals surface area contributed by atoms with Crippen molar-refractivity contribution >= 4 is 23.6 Å². The molecule has 4 nitrogen and oxygen atoms in total. The molecule has 0 spiro atoms. The van der Waals surface area contributed by atoms with Gasteiger partial charge in [0.1, 0.15) is 6.04 Å². The van der Waals surface area contributed by atoms with Gasteiger partial charge in [-0.05, 0) is 30.5 Å². The summed E-state index contributed by atoms with van der Waals surface area (Å²) in [6.07, 6.45) is 2.98. The average molecular weight is 413 g/mol. The van der Waals surface area contributed by atoms with E-state index in [0.717, 1.165) is 23.3 Å². The predicted molar refractivity (Wildman–Crippen MR) is 121 cm³/mol. The maximum absolute atomic E-state index is 13.1. The molecule has 5 heteroatoms. The number of unbranched alkanes of at least 4 members (excludes halogenated alkanes) is 1. The molecule has 1 atom stereocenters. The van der Waals surface area contributed by atoms with E-state index in [0.29, 0.717) is 31.7 Å². The number of benzene rings is 2. The number of carbonyl (C=O) groups excluding carboxylic acids is 2. The fourth-order valence-corrected chi connectivity index (χ4v) is 3.98. The highest BCUT2D eigenvalue weighted by Crippen LogP contribution is 2.20. The second kappa shape index (κ2) is 13.0. The van der Waals surface area contributed by atoms with Crippen molar-refractivity contribution in [2.45, 2.75) is 57.0 Å². The minimum absolute atomic E-state index is 0.0229. The molecule has 0 unspecified atom stereocenters. The molecule has 2 aromatic carbocycles. The molecule has 2 rings (SSSR count). The zero-order chi connectivity index (χ0) is 20.9. The van der Waals surface area contributed by atoms with Crippen molar-refractivity contribution in [3.05, 3.63) is 66.2 Å². The van der Waals surface area contributed by atoms with Crippen molar-refractivity contribution < 1.29 is 9.59 Å². The summed E-state index contributed by atoms with van der Waals surface area (Å²) in [7, 11) is 0. The summed E-state index contributed by atoms with van der Waals surface area (Å²) >= 11 is 1.67. The van der Waals surface area contributed by atoms with Gasteiger partial charge in [-0.25, -0.2) is 0 Å². The first kappa shape index (κ1) is 23.0. The number of thioether (sulfide) groups is 1. The Labute approximate surface area is 179 Å². The van der Waals surface area contributed by atoms with Crippen molar-refractivity contribution in [3.63, 3.8) is 0 Å². The van der Waals surface area contributed by atoms with Crippen LogP contribution in [0.25, 0.3) is 0 Å². The quantitative estimate of drug-likeness (QED) is 0.399. The fourth-order valence-electron chi connectivity index (χ4n) is 3.12. The Hall–Kier alpha value is -2.27. The van der Waals surface area contributed by atoms with Crippen LogP contribution in [0.5, 0.6) is 0 Å². The first-order valence-corrected chi connectivity index (χ1v) is 11.4. The van der Waals surface area contributed by atoms with Crippen LogP contribution in [0.2, 0.25) is 0 Å². The number of nitrogens with zero attached hydrogens (tertiary/aromatic N) is 1. The normalized spacial score (nSPS) is 11.7. The average Bonchev–Trinajstić information content (AvgIpc) is 2.75. The van der Waals surface area contributed by atoms with E-state index >= 15 is 0 Å². The van der Waals surface area contributed by atoms with Crippen LogP contribution in [0, 0.1) is 0 Å². The molecule has 0 aliphatic rings. The third kappa shape index (κ3) is 7.94. The van der Waals surface area contributed by atoms with Crippen LogP contribution in [-0.2, 0) is 16.1 Å². The Morgan fingerprint density at radius 1 is 1.00 bits per heavy atom. The van der Waals surface area contributed by atoms with Crippen molar-refractivity contribution in [3.8, 4) is 0 Å². The number of nitrogens with one attached hydrogen (secondary N) is 1. The largest absolute Gasteiger partial charge is 0.354 e. The van der Waals surface area contributed by atoms with Gasteiger partial charge in [0.15, 0.2) is 0 Å². The molecule has 0 heterocycles. The minimum Gasteiger partial charge on any atom is -0.354 e. The smallest absolute Gasteiger partial charge is 0.242 e. The molecule has 0 fully saturated rings. The monoisotopic (exact) mass is 412 g/mol. The van der Waals surface area contributed by atoms with Crippen molar-refractivity contribution in [2.75, 3.05) is 12.3 Å². The number of hydrogen-bond acceptors (Lipinski definition) is 3. The summed E-state index contributed by atoms with van der Waals surface area (Å²) in [4.78, 5) is 28.8. The van der Waals surface area contributed by atoms with E-state index in [1.807, 2.05) is 67.6 Å². The van der Waals surface area contributed by atoms with Crippen LogP contribution >= 0.6 is 11.8 Å². The highest BCUT2D eigenvalue weighted by Gasteiger charge is 2.28. The lowest BCUT2D eigenvalue weighted by atomic mass is 10.1. The fraction of sp³-hybridized carbons (Fsp3) is 0.417. The predicted octanol–water partition coefficient (Wildman–Crippen LogP) is 4.89. The third-order valence-electron chi connectivity index (χ3n) is 4.74. The van der Waals surface area contributed by atoms with E-state index in [9.17, 15) is 9.59 Å². The van der Waals surface area contributed by atoms with Crippen LogP contribution in [0.3, 0.4) is 0 Å². The van der Waals surface area contributed by atoms with Gasteiger partial charge in [-0.1, -0.05) is 68.8 Å². The zero-order valence-corrected chi connectivity index (χ0v) is 18.3. The zero-order valence-electron chi connectivity index (χ0n) is 17.5. The van der Waals surface area contributed by atoms with Crippen LogP contribution in [0.15, 0.2) is 65.6 Å². The minimum atomic E-state index is -0.443. The second-order valence-corrected chi connectivity index (χ2v) is 8.16. The number of amides is 2. The van der Waals surface area contributed by atoms with Gasteiger partial charge in [0.25, 0.3) is 0 Å². The Morgan fingerprint density at radius 3 is 2.28 bits per heavy atom. The SMILES string of the molecule is CCCCNC(=O)[C@@H](CC)N(Cc1ccccc1)C(=O)CCSc1ccccc1. The van der Waals surface area contributed by atoms with Gasteiger partial charge in [-0.15, -0.1) is 11.8 Å². The molecule has 2 aromatic rings. The highest BCUT2D eigenvalue weighted by molar-refractivity contribution is 7.99. The summed E-state index contributed by atoms with van der Waals surface area (Å²) < 4.78 is 0. The van der Waals surface area contributed by atoms with Crippen LogP contribution in [0.4, 0.5) is 0 Å². The molecule has 0 saturated carbocycles. The van der Waals surface area contributed by atoms with Gasteiger partial charge in [-0.3, -0.25) is 9.59 Å². The van der Waals surface area contributed by atoms with Crippen LogP contribution < -0.4 is 5.32 Å². The summed E-state index contributed by atoms with van der Waals surface area (Å²) in [5, 5.41) is 3.00. The van der Waals surface area contributed by atoms with Gasteiger partial charge in [-0.2, -0.15) is 0 Å². The molecule has 0 bridgehead atoms. The lowest BCUT2D eigenvalue weighted by Gasteiger charge is -2.30. The summed E-state index contributed by atoms with van der Waals surface area (Å²) in [5.41, 5.74) is 1.04. The van der Waals surface area contributed by atoms with Gasteiger partial charge in [0.2, 0.25) is 11.8 Å². The maximum Gasteiger partial charge on any atom is 0.242 e. The topological polar surface area (TPSA) is 49.4 Å². The molecule has 156 valence electrons. The van der Waals surface area contributed by atoms with Gasteiger partial charge >= 0.3 is 0 Å². The molecular formula is C24H32N2O2S. The van der Waals surface area contributed by atoms with Crippen molar-refractivity contribution in [1.29, 1.82) is 0 Å². The van der Waals surface area contributed by atoms with E-state index in [1.165, 1.54) is 0 Å². The third-order valence-corrected chi connectivity index (χ3v) is 5.75. The summed E-state index contributed by atoms with van der Waals surface area (Å²) in [5.74, 6) is 0.665. The molecule has 0 saturated heterocycles. The second-order valence-electron chi connectivity index (χ2n) is 6.99. The Morgan fingerprint density at radius 2 is 1.66 bits per heavy atom. The highest BCUT2D eigenvalue weighted by atomic mass is 32.2. The lowest BCUT2D eigenvalue weighted by Crippen LogP contribution is -2.49. The van der Waals surface area contributed by atoms with Gasteiger partial charge in [0, 0.05) is 30.2 Å². The molecule has 29 heavy (non-hydrogen) atoms. The standard InChI is InChI=1S/C24H32N2O2S/c1-3-5-17-25-24(28)22(4-2)26(19-20-12-8-6-9-13-20)23(27)16-18-29-21-14-10-7-11-15-21/h6-15,22H,3-5,16-19H2,1-2H3,(H,25,28)/t22-/m1/s1. The lowest BCUT2D eigenvalue weighted by molar-refractivity contribution is -0.141. The molecular weight excluding hydrogens is 380 g/mol. The van der Waals surface area contributed by atoms with Crippen molar-refractivity contribution in [1.82, 2.24) is 10.2 Å². The van der Waals surface area contributed by atoms with E-state index in [1.54, 1.807) is 16.7 Å². The Bertz CT molecular complexity index is 737. The molecule has 1 N–H and O–H groups in total. The summed E-state index contributed by atoms with van der Waals surface area (Å²) in [6.45, 7) is 5.17. The molecule has 0 aromatic heterocycles. The van der Waals surface area contributed by atoms with Crippen LogP contribution in [0.1, 0.15) is 45.1 Å². The molecule has 0 aliphatic carbocycles. The number of carbonyl (C=O) groups is 2. The van der Waals surface area contributed by atoms with Gasteiger partial charge in [0.05, 0.1) is 0 Å².